The minimum Gasteiger partial charge on any atom is -0.383 e. The van der Waals surface area contributed by atoms with Gasteiger partial charge in [-0.05, 0) is 18.6 Å². The van der Waals surface area contributed by atoms with E-state index in [-0.39, 0.29) is 5.41 Å². The van der Waals surface area contributed by atoms with Gasteiger partial charge in [0.2, 0.25) is 0 Å². The highest BCUT2D eigenvalue weighted by Crippen LogP contribution is 2.34. The van der Waals surface area contributed by atoms with Gasteiger partial charge in [-0.25, -0.2) is 4.98 Å². The summed E-state index contributed by atoms with van der Waals surface area (Å²) in [5, 5.41) is 4.71. The summed E-state index contributed by atoms with van der Waals surface area (Å²) in [6.07, 6.45) is 2.09. The van der Waals surface area contributed by atoms with Gasteiger partial charge in [-0.3, -0.25) is 0 Å². The number of rotatable bonds is 7. The molecule has 21 heavy (non-hydrogen) atoms. The van der Waals surface area contributed by atoms with Crippen molar-refractivity contribution in [1.29, 1.82) is 0 Å². The van der Waals surface area contributed by atoms with Crippen molar-refractivity contribution in [2.24, 2.45) is 5.41 Å². The molecule has 0 aliphatic carbocycles. The van der Waals surface area contributed by atoms with E-state index in [1.807, 2.05) is 17.4 Å². The van der Waals surface area contributed by atoms with Crippen molar-refractivity contribution < 1.29 is 9.47 Å². The molecule has 4 nitrogen and oxygen atoms in total. The number of aromatic nitrogens is 1. The molecule has 0 bridgehead atoms. The predicted octanol–water partition coefficient (Wildman–Crippen LogP) is 2.48. The first kappa shape index (κ1) is 14.9. The Morgan fingerprint density at radius 3 is 3.10 bits per heavy atom. The normalized spacial score (nSPS) is 22.1. The maximum absolute atomic E-state index is 5.67. The number of methoxy groups -OCH3 is 1. The molecule has 0 spiro atoms. The number of nitrogens with zero attached hydrogens (tertiary/aromatic N) is 1. The zero-order valence-corrected chi connectivity index (χ0v) is 13.2. The lowest BCUT2D eigenvalue weighted by Crippen LogP contribution is -2.38. The van der Waals surface area contributed by atoms with E-state index in [1.54, 1.807) is 7.11 Å². The molecule has 114 valence electrons. The van der Waals surface area contributed by atoms with Crippen LogP contribution >= 0.6 is 11.3 Å². The van der Waals surface area contributed by atoms with E-state index >= 15 is 0 Å². The van der Waals surface area contributed by atoms with Crippen LogP contribution in [0.3, 0.4) is 0 Å². The van der Waals surface area contributed by atoms with Crippen LogP contribution in [0, 0.1) is 5.41 Å². The highest BCUT2D eigenvalue weighted by molar-refractivity contribution is 7.18. The number of hydrogen-bond acceptors (Lipinski definition) is 5. The van der Waals surface area contributed by atoms with E-state index in [9.17, 15) is 0 Å². The molecule has 1 aromatic carbocycles. The summed E-state index contributed by atoms with van der Waals surface area (Å²) in [5.74, 6) is 0. The van der Waals surface area contributed by atoms with Crippen LogP contribution in [0.15, 0.2) is 24.3 Å². The summed E-state index contributed by atoms with van der Waals surface area (Å²) in [7, 11) is 1.73. The lowest BCUT2D eigenvalue weighted by Gasteiger charge is -2.26. The maximum Gasteiger partial charge on any atom is 0.0945 e. The van der Waals surface area contributed by atoms with Gasteiger partial charge in [0.1, 0.15) is 0 Å². The van der Waals surface area contributed by atoms with E-state index in [0.29, 0.717) is 0 Å². The molecule has 1 aliphatic rings. The van der Waals surface area contributed by atoms with Gasteiger partial charge in [0.25, 0.3) is 0 Å². The number of nitrogens with one attached hydrogen (secondary N) is 1. The van der Waals surface area contributed by atoms with Crippen molar-refractivity contribution in [3.63, 3.8) is 0 Å². The highest BCUT2D eigenvalue weighted by Gasteiger charge is 2.35. The van der Waals surface area contributed by atoms with Gasteiger partial charge in [0.05, 0.1) is 28.4 Å². The summed E-state index contributed by atoms with van der Waals surface area (Å²) >= 11 is 1.81. The Bertz CT molecular complexity index is 545. The van der Waals surface area contributed by atoms with Gasteiger partial charge >= 0.3 is 0 Å². The standard InChI is InChI=1S/C16H22N2O2S/c1-19-9-7-17-11-16(6-8-20-12-16)10-15-18-13-4-2-3-5-14(13)21-15/h2-5,17H,6-12H2,1H3. The fourth-order valence-corrected chi connectivity index (χ4v) is 3.98. The quantitative estimate of drug-likeness (QED) is 0.798. The number of fused-ring (bicyclic) bond motifs is 1. The van der Waals surface area contributed by atoms with Crippen LogP contribution in [-0.4, -0.2) is 45.0 Å². The molecule has 0 radical (unpaired) electrons. The van der Waals surface area contributed by atoms with Gasteiger partial charge in [-0.1, -0.05) is 12.1 Å². The topological polar surface area (TPSA) is 43.4 Å². The van der Waals surface area contributed by atoms with Gasteiger partial charge in [-0.2, -0.15) is 0 Å². The van der Waals surface area contributed by atoms with E-state index < -0.39 is 0 Å². The second-order valence-corrected chi connectivity index (χ2v) is 6.84. The van der Waals surface area contributed by atoms with Crippen molar-refractivity contribution in [2.75, 3.05) is 40.0 Å². The molecule has 0 amide bonds. The first-order valence-corrected chi connectivity index (χ1v) is 8.25. The third-order valence-electron chi connectivity index (χ3n) is 4.03. The van der Waals surface area contributed by atoms with Crippen LogP contribution in [0.4, 0.5) is 0 Å². The highest BCUT2D eigenvalue weighted by atomic mass is 32.1. The zero-order valence-electron chi connectivity index (χ0n) is 12.4. The molecule has 1 unspecified atom stereocenters. The summed E-state index contributed by atoms with van der Waals surface area (Å²) in [5.41, 5.74) is 1.29. The van der Waals surface area contributed by atoms with E-state index in [0.717, 1.165) is 51.3 Å². The van der Waals surface area contributed by atoms with Gasteiger partial charge in [0, 0.05) is 38.6 Å². The Hall–Kier alpha value is -1.01. The van der Waals surface area contributed by atoms with Crippen molar-refractivity contribution in [1.82, 2.24) is 10.3 Å². The van der Waals surface area contributed by atoms with Crippen LogP contribution in [0.2, 0.25) is 0 Å². The van der Waals surface area contributed by atoms with Crippen molar-refractivity contribution in [3.8, 4) is 0 Å². The molecule has 2 aromatic rings. The van der Waals surface area contributed by atoms with Crippen LogP contribution < -0.4 is 5.32 Å². The Labute approximate surface area is 129 Å². The Balaban J connectivity index is 1.69. The molecule has 1 fully saturated rings. The molecule has 1 atom stereocenters. The van der Waals surface area contributed by atoms with Crippen molar-refractivity contribution >= 4 is 21.6 Å². The maximum atomic E-state index is 5.67. The molecule has 1 N–H and O–H groups in total. The van der Waals surface area contributed by atoms with Crippen LogP contribution in [0.5, 0.6) is 0 Å². The number of hydrogen-bond donors (Lipinski definition) is 1. The molecule has 3 rings (SSSR count). The summed E-state index contributed by atoms with van der Waals surface area (Å²) < 4.78 is 12.0. The predicted molar refractivity (Wildman–Crippen MR) is 85.9 cm³/mol. The van der Waals surface area contributed by atoms with Gasteiger partial charge in [0.15, 0.2) is 0 Å². The first-order valence-electron chi connectivity index (χ1n) is 7.43. The van der Waals surface area contributed by atoms with Crippen LogP contribution in [-0.2, 0) is 15.9 Å². The van der Waals surface area contributed by atoms with Crippen molar-refractivity contribution in [2.45, 2.75) is 12.8 Å². The monoisotopic (exact) mass is 306 g/mol. The summed E-state index contributed by atoms with van der Waals surface area (Å²) in [6.45, 7) is 4.28. The molecular weight excluding hydrogens is 284 g/mol. The number of thiazole rings is 1. The lowest BCUT2D eigenvalue weighted by molar-refractivity contribution is 0.145. The van der Waals surface area contributed by atoms with Crippen LogP contribution in [0.25, 0.3) is 10.2 Å². The van der Waals surface area contributed by atoms with Gasteiger partial charge in [-0.15, -0.1) is 11.3 Å². The summed E-state index contributed by atoms with van der Waals surface area (Å²) in [6, 6.07) is 8.35. The Kier molecular flexibility index (Phi) is 4.85. The first-order chi connectivity index (χ1) is 10.3. The second-order valence-electron chi connectivity index (χ2n) is 5.72. The zero-order chi connectivity index (χ0) is 14.5. The third kappa shape index (κ3) is 3.61. The lowest BCUT2D eigenvalue weighted by atomic mass is 9.84. The largest absolute Gasteiger partial charge is 0.383 e. The molecule has 2 heterocycles. The fraction of sp³-hybridized carbons (Fsp3) is 0.562. The van der Waals surface area contributed by atoms with Gasteiger partial charge < -0.3 is 14.8 Å². The average molecular weight is 306 g/mol. The third-order valence-corrected chi connectivity index (χ3v) is 5.07. The Morgan fingerprint density at radius 2 is 2.33 bits per heavy atom. The number of para-hydroxylation sites is 1. The summed E-state index contributed by atoms with van der Waals surface area (Å²) in [4.78, 5) is 4.78. The molecule has 1 saturated heterocycles. The molecular formula is C16H22N2O2S. The van der Waals surface area contributed by atoms with E-state index in [4.69, 9.17) is 14.5 Å². The Morgan fingerprint density at radius 1 is 1.43 bits per heavy atom. The second kappa shape index (κ2) is 6.83. The minimum atomic E-state index is 0.182. The molecule has 1 aromatic heterocycles. The number of benzene rings is 1. The minimum absolute atomic E-state index is 0.182. The number of ether oxygens (including phenoxy) is 2. The van der Waals surface area contributed by atoms with Crippen LogP contribution in [0.1, 0.15) is 11.4 Å². The molecule has 0 saturated carbocycles. The van der Waals surface area contributed by atoms with Crippen molar-refractivity contribution in [3.05, 3.63) is 29.3 Å². The average Bonchev–Trinajstić information content (AvgIpc) is 3.10. The fourth-order valence-electron chi connectivity index (χ4n) is 2.83. The van der Waals surface area contributed by atoms with E-state index in [1.165, 1.54) is 9.71 Å². The smallest absolute Gasteiger partial charge is 0.0945 e. The molecule has 1 aliphatic heterocycles. The van der Waals surface area contributed by atoms with E-state index in [2.05, 4.69) is 23.5 Å². The molecule has 5 heteroatoms. The SMILES string of the molecule is COCCNCC1(Cc2nc3ccccc3s2)CCOC1.